The number of nitrogens with zero attached hydrogens (tertiary/aromatic N) is 3. The van der Waals surface area contributed by atoms with Crippen molar-refractivity contribution in [2.45, 2.75) is 44.5 Å². The monoisotopic (exact) mass is 297 g/mol. The molecule has 0 aromatic carbocycles. The second-order valence-electron chi connectivity index (χ2n) is 5.44. The van der Waals surface area contributed by atoms with Crippen LogP contribution >= 0.6 is 11.8 Å². The van der Waals surface area contributed by atoms with Gasteiger partial charge in [-0.2, -0.15) is 26.7 Å². The van der Waals surface area contributed by atoms with Gasteiger partial charge in [0.2, 0.25) is 11.9 Å². The summed E-state index contributed by atoms with van der Waals surface area (Å²) in [6.07, 6.45) is 2.55. The molecule has 0 bridgehead atoms. The minimum absolute atomic E-state index is 0.0397. The van der Waals surface area contributed by atoms with Crippen LogP contribution in [0.25, 0.3) is 0 Å². The standard InChI is InChI=1S/C13H23N5OS/c1-9(2)19-12-17-10(14-4)16-11(18-12)15-8-13(3)6-5-7-20-13/h9H,5-8H2,1-4H3,(H2,14,15,16,17,18). The number of hydrogen-bond donors (Lipinski definition) is 2. The fraction of sp³-hybridized carbons (Fsp3) is 0.769. The van der Waals surface area contributed by atoms with Gasteiger partial charge in [0.1, 0.15) is 0 Å². The van der Waals surface area contributed by atoms with Crippen molar-refractivity contribution < 1.29 is 4.74 Å². The quantitative estimate of drug-likeness (QED) is 0.835. The van der Waals surface area contributed by atoms with Gasteiger partial charge in [0.25, 0.3) is 0 Å². The first-order valence-electron chi connectivity index (χ1n) is 6.99. The number of nitrogens with one attached hydrogen (secondary N) is 2. The Labute approximate surface area is 124 Å². The van der Waals surface area contributed by atoms with Crippen molar-refractivity contribution in [3.63, 3.8) is 0 Å². The van der Waals surface area contributed by atoms with Gasteiger partial charge in [-0.1, -0.05) is 0 Å². The maximum Gasteiger partial charge on any atom is 0.323 e. The van der Waals surface area contributed by atoms with Gasteiger partial charge >= 0.3 is 6.01 Å². The molecule has 1 aliphatic heterocycles. The Bertz CT molecular complexity index is 448. The molecule has 0 saturated carbocycles. The van der Waals surface area contributed by atoms with Gasteiger partial charge in [-0.05, 0) is 39.4 Å². The molecular weight excluding hydrogens is 274 g/mol. The predicted molar refractivity (Wildman–Crippen MR) is 83.7 cm³/mol. The van der Waals surface area contributed by atoms with E-state index in [2.05, 4.69) is 32.5 Å². The average molecular weight is 297 g/mol. The molecule has 0 aliphatic carbocycles. The molecular formula is C13H23N5OS. The van der Waals surface area contributed by atoms with Gasteiger partial charge in [0.05, 0.1) is 6.10 Å². The molecule has 1 unspecified atom stereocenters. The Morgan fingerprint density at radius 1 is 1.30 bits per heavy atom. The largest absolute Gasteiger partial charge is 0.461 e. The van der Waals surface area contributed by atoms with Gasteiger partial charge in [0, 0.05) is 18.3 Å². The van der Waals surface area contributed by atoms with Gasteiger partial charge in [0.15, 0.2) is 0 Å². The third kappa shape index (κ3) is 4.13. The highest BCUT2D eigenvalue weighted by Gasteiger charge is 2.29. The number of hydrogen-bond acceptors (Lipinski definition) is 7. The van der Waals surface area contributed by atoms with Gasteiger partial charge < -0.3 is 15.4 Å². The van der Waals surface area contributed by atoms with Crippen LogP contribution in [0.15, 0.2) is 0 Å². The van der Waals surface area contributed by atoms with Crippen LogP contribution in [-0.4, -0.2) is 45.1 Å². The van der Waals surface area contributed by atoms with Crippen LogP contribution in [0.1, 0.15) is 33.6 Å². The van der Waals surface area contributed by atoms with Crippen molar-refractivity contribution in [2.24, 2.45) is 0 Å². The third-order valence-corrected chi connectivity index (χ3v) is 4.64. The first-order valence-corrected chi connectivity index (χ1v) is 7.98. The molecule has 0 spiro atoms. The minimum atomic E-state index is 0.0397. The van der Waals surface area contributed by atoms with E-state index >= 15 is 0 Å². The Morgan fingerprint density at radius 3 is 2.65 bits per heavy atom. The summed E-state index contributed by atoms with van der Waals surface area (Å²) in [5.41, 5.74) is 0. The molecule has 2 N–H and O–H groups in total. The van der Waals surface area contributed by atoms with E-state index in [0.29, 0.717) is 17.9 Å². The van der Waals surface area contributed by atoms with E-state index in [9.17, 15) is 0 Å². The van der Waals surface area contributed by atoms with E-state index in [1.54, 1.807) is 7.05 Å². The van der Waals surface area contributed by atoms with Crippen molar-refractivity contribution in [1.82, 2.24) is 15.0 Å². The molecule has 20 heavy (non-hydrogen) atoms. The van der Waals surface area contributed by atoms with Crippen molar-refractivity contribution >= 4 is 23.7 Å². The van der Waals surface area contributed by atoms with Crippen LogP contribution in [0.2, 0.25) is 0 Å². The predicted octanol–water partition coefficient (Wildman–Crippen LogP) is 2.40. The molecule has 112 valence electrons. The molecule has 7 heteroatoms. The molecule has 1 saturated heterocycles. The SMILES string of the molecule is CNc1nc(NCC2(C)CCCS2)nc(OC(C)C)n1. The number of ether oxygens (including phenoxy) is 1. The summed E-state index contributed by atoms with van der Waals surface area (Å²) in [5, 5.41) is 6.24. The zero-order valence-corrected chi connectivity index (χ0v) is 13.4. The molecule has 1 atom stereocenters. The van der Waals surface area contributed by atoms with Crippen LogP contribution in [0.4, 0.5) is 11.9 Å². The summed E-state index contributed by atoms with van der Waals surface area (Å²) in [5.74, 6) is 2.31. The van der Waals surface area contributed by atoms with Crippen LogP contribution in [-0.2, 0) is 0 Å². The number of anilines is 2. The summed E-state index contributed by atoms with van der Waals surface area (Å²) in [7, 11) is 1.78. The van der Waals surface area contributed by atoms with Crippen LogP contribution in [0.5, 0.6) is 6.01 Å². The lowest BCUT2D eigenvalue weighted by atomic mass is 10.1. The van der Waals surface area contributed by atoms with Crippen LogP contribution in [0, 0.1) is 0 Å². The highest BCUT2D eigenvalue weighted by molar-refractivity contribution is 8.00. The van der Waals surface area contributed by atoms with Crippen molar-refractivity contribution in [2.75, 3.05) is 30.0 Å². The molecule has 1 fully saturated rings. The molecule has 6 nitrogen and oxygen atoms in total. The molecule has 1 aromatic heterocycles. The fourth-order valence-electron chi connectivity index (χ4n) is 2.05. The topological polar surface area (TPSA) is 72.0 Å². The smallest absolute Gasteiger partial charge is 0.323 e. The molecule has 1 aromatic rings. The Kier molecular flexibility index (Phi) is 4.91. The van der Waals surface area contributed by atoms with E-state index in [1.807, 2.05) is 25.6 Å². The first kappa shape index (κ1) is 15.2. The highest BCUT2D eigenvalue weighted by atomic mass is 32.2. The van der Waals surface area contributed by atoms with E-state index in [1.165, 1.54) is 18.6 Å². The van der Waals surface area contributed by atoms with Crippen molar-refractivity contribution in [3.8, 4) is 6.01 Å². The van der Waals surface area contributed by atoms with Gasteiger partial charge in [-0.25, -0.2) is 0 Å². The highest BCUT2D eigenvalue weighted by Crippen LogP contribution is 2.37. The zero-order valence-electron chi connectivity index (χ0n) is 12.6. The number of rotatable bonds is 6. The molecule has 0 amide bonds. The van der Waals surface area contributed by atoms with Crippen LogP contribution in [0.3, 0.4) is 0 Å². The number of thioether (sulfide) groups is 1. The second-order valence-corrected chi connectivity index (χ2v) is 7.12. The van der Waals surface area contributed by atoms with Crippen molar-refractivity contribution in [3.05, 3.63) is 0 Å². The summed E-state index contributed by atoms with van der Waals surface area (Å²) >= 11 is 2.01. The van der Waals surface area contributed by atoms with Gasteiger partial charge in [-0.3, -0.25) is 0 Å². The van der Waals surface area contributed by atoms with E-state index in [0.717, 1.165) is 6.54 Å². The summed E-state index contributed by atoms with van der Waals surface area (Å²) in [4.78, 5) is 12.8. The minimum Gasteiger partial charge on any atom is -0.461 e. The Balaban J connectivity index is 2.05. The third-order valence-electron chi connectivity index (χ3n) is 3.10. The second kappa shape index (κ2) is 6.47. The van der Waals surface area contributed by atoms with Gasteiger partial charge in [-0.15, -0.1) is 0 Å². The normalized spacial score (nSPS) is 22.1. The van der Waals surface area contributed by atoms with E-state index < -0.39 is 0 Å². The zero-order chi connectivity index (χ0) is 14.6. The molecule has 2 rings (SSSR count). The maximum absolute atomic E-state index is 5.55. The molecule has 0 radical (unpaired) electrons. The summed E-state index contributed by atoms with van der Waals surface area (Å²) in [6, 6.07) is 0.353. The fourth-order valence-corrected chi connectivity index (χ4v) is 3.30. The number of aromatic nitrogens is 3. The molecule has 1 aliphatic rings. The summed E-state index contributed by atoms with van der Waals surface area (Å²) in [6.45, 7) is 7.04. The van der Waals surface area contributed by atoms with Crippen molar-refractivity contribution in [1.29, 1.82) is 0 Å². The Hall–Kier alpha value is -1.24. The van der Waals surface area contributed by atoms with E-state index in [4.69, 9.17) is 4.74 Å². The van der Waals surface area contributed by atoms with E-state index in [-0.39, 0.29) is 10.9 Å². The Morgan fingerprint density at radius 2 is 2.05 bits per heavy atom. The lowest BCUT2D eigenvalue weighted by Gasteiger charge is -2.23. The summed E-state index contributed by atoms with van der Waals surface area (Å²) < 4.78 is 5.82. The molecule has 2 heterocycles. The maximum atomic E-state index is 5.55. The average Bonchev–Trinajstić information content (AvgIpc) is 2.83. The lowest BCUT2D eigenvalue weighted by Crippen LogP contribution is -2.28. The first-order chi connectivity index (χ1) is 9.50. The lowest BCUT2D eigenvalue weighted by molar-refractivity contribution is 0.222. The van der Waals surface area contributed by atoms with Crippen LogP contribution < -0.4 is 15.4 Å².